The van der Waals surface area contributed by atoms with Gasteiger partial charge >= 0.3 is 0 Å². The minimum Gasteiger partial charge on any atom is -0.369 e. The number of rotatable bonds is 5. The summed E-state index contributed by atoms with van der Waals surface area (Å²) in [4.78, 5) is 0. The molecule has 4 aromatic rings. The Morgan fingerprint density at radius 2 is 1.48 bits per heavy atom. The highest BCUT2D eigenvalue weighted by molar-refractivity contribution is 6.17. The zero-order valence-electron chi connectivity index (χ0n) is 18.7. The molecule has 0 bridgehead atoms. The van der Waals surface area contributed by atoms with E-state index in [4.69, 9.17) is 16.2 Å². The first kappa shape index (κ1) is 21.0. The molecule has 0 atom stereocenters. The van der Waals surface area contributed by atoms with Crippen molar-refractivity contribution in [2.75, 3.05) is 0 Å². The normalized spacial score (nSPS) is 15.0. The number of guanidine groups is 1. The molecule has 3 aromatic carbocycles. The Kier molecular flexibility index (Phi) is 5.94. The molecule has 166 valence electrons. The van der Waals surface area contributed by atoms with E-state index >= 15 is 0 Å². The quantitative estimate of drug-likeness (QED) is 0.202. The van der Waals surface area contributed by atoms with Gasteiger partial charge in [-0.25, -0.2) is 5.43 Å². The largest absolute Gasteiger partial charge is 0.369 e. The van der Waals surface area contributed by atoms with Gasteiger partial charge in [-0.1, -0.05) is 86.0 Å². The third-order valence-corrected chi connectivity index (χ3v) is 6.48. The van der Waals surface area contributed by atoms with Crippen LogP contribution in [0.2, 0.25) is 0 Å². The summed E-state index contributed by atoms with van der Waals surface area (Å²) in [6.07, 6.45) is 5.85. The van der Waals surface area contributed by atoms with Crippen LogP contribution in [0.4, 0.5) is 0 Å². The average molecular weight is 436 g/mol. The van der Waals surface area contributed by atoms with E-state index in [0.717, 1.165) is 52.0 Å². The van der Waals surface area contributed by atoms with Crippen LogP contribution in [0.1, 0.15) is 37.7 Å². The van der Waals surface area contributed by atoms with Crippen molar-refractivity contribution >= 4 is 22.6 Å². The van der Waals surface area contributed by atoms with Gasteiger partial charge in [0.2, 0.25) is 5.96 Å². The molecule has 0 saturated heterocycles. The molecule has 1 aliphatic rings. The maximum absolute atomic E-state index is 7.74. The molecular weight excluding hydrogens is 406 g/mol. The first-order chi connectivity index (χ1) is 16.2. The lowest BCUT2D eigenvalue weighted by Gasteiger charge is -2.24. The molecule has 4 N–H and O–H groups in total. The van der Waals surface area contributed by atoms with Crippen LogP contribution in [0.25, 0.3) is 27.8 Å². The third kappa shape index (κ3) is 4.14. The monoisotopic (exact) mass is 435 g/mol. The van der Waals surface area contributed by atoms with Crippen LogP contribution in [0, 0.1) is 11.3 Å². The van der Waals surface area contributed by atoms with Crippen LogP contribution in [0.5, 0.6) is 0 Å². The van der Waals surface area contributed by atoms with E-state index in [1.807, 2.05) is 12.1 Å². The molecular formula is C28H29N5. The van der Waals surface area contributed by atoms with E-state index in [2.05, 4.69) is 82.8 Å². The molecule has 0 amide bonds. The number of hydrogen-bond acceptors (Lipinski definition) is 2. The van der Waals surface area contributed by atoms with Crippen LogP contribution in [0.15, 0.2) is 90.0 Å². The number of fused-ring (bicyclic) bond motifs is 1. The van der Waals surface area contributed by atoms with Crippen LogP contribution in [-0.4, -0.2) is 16.2 Å². The van der Waals surface area contributed by atoms with Gasteiger partial charge in [0.15, 0.2) is 0 Å². The van der Waals surface area contributed by atoms with E-state index in [-0.39, 0.29) is 5.96 Å². The maximum atomic E-state index is 7.74. The van der Waals surface area contributed by atoms with E-state index in [9.17, 15) is 0 Å². The van der Waals surface area contributed by atoms with Crippen LogP contribution >= 0.6 is 0 Å². The summed E-state index contributed by atoms with van der Waals surface area (Å²) in [6, 6.07) is 29.6. The van der Waals surface area contributed by atoms with Gasteiger partial charge in [0.1, 0.15) is 0 Å². The highest BCUT2D eigenvalue weighted by Gasteiger charge is 2.29. The molecule has 1 fully saturated rings. The van der Waals surface area contributed by atoms with Crippen molar-refractivity contribution in [1.82, 2.24) is 9.99 Å². The van der Waals surface area contributed by atoms with Gasteiger partial charge in [-0.2, -0.15) is 5.10 Å². The number of benzene rings is 3. The SMILES string of the molecule is N=C(N)NN=C(c1c(-c2ccccc2)n(-c2ccccc2)c2ccccc12)C1CCCCC1. The van der Waals surface area contributed by atoms with Gasteiger partial charge in [-0.05, 0) is 36.6 Å². The Morgan fingerprint density at radius 1 is 0.848 bits per heavy atom. The predicted molar refractivity (Wildman–Crippen MR) is 137 cm³/mol. The van der Waals surface area contributed by atoms with Gasteiger partial charge in [0, 0.05) is 22.6 Å². The summed E-state index contributed by atoms with van der Waals surface area (Å²) in [7, 11) is 0. The number of hydrazone groups is 1. The lowest BCUT2D eigenvalue weighted by Crippen LogP contribution is -2.29. The number of hydrogen-bond donors (Lipinski definition) is 3. The predicted octanol–water partition coefficient (Wildman–Crippen LogP) is 6.06. The Bertz CT molecular complexity index is 1280. The first-order valence-corrected chi connectivity index (χ1v) is 11.7. The number of nitrogens with one attached hydrogen (secondary N) is 2. The summed E-state index contributed by atoms with van der Waals surface area (Å²) >= 11 is 0. The maximum Gasteiger partial charge on any atom is 0.206 e. The zero-order chi connectivity index (χ0) is 22.6. The van der Waals surface area contributed by atoms with Gasteiger partial charge in [0.05, 0.1) is 16.9 Å². The fraction of sp³-hybridized carbons (Fsp3) is 0.214. The molecule has 1 heterocycles. The van der Waals surface area contributed by atoms with E-state index < -0.39 is 0 Å². The molecule has 0 radical (unpaired) electrons. The van der Waals surface area contributed by atoms with Crippen molar-refractivity contribution in [3.05, 3.63) is 90.5 Å². The van der Waals surface area contributed by atoms with Crippen LogP contribution in [0.3, 0.4) is 0 Å². The molecule has 5 nitrogen and oxygen atoms in total. The summed E-state index contributed by atoms with van der Waals surface area (Å²) < 4.78 is 2.34. The lowest BCUT2D eigenvalue weighted by atomic mass is 9.82. The molecule has 5 heteroatoms. The summed E-state index contributed by atoms with van der Waals surface area (Å²) in [6.45, 7) is 0. The molecule has 1 aliphatic carbocycles. The van der Waals surface area contributed by atoms with E-state index in [0.29, 0.717) is 5.92 Å². The summed E-state index contributed by atoms with van der Waals surface area (Å²) in [5.41, 5.74) is 15.1. The second-order valence-corrected chi connectivity index (χ2v) is 8.64. The molecule has 33 heavy (non-hydrogen) atoms. The van der Waals surface area contributed by atoms with Gasteiger partial charge in [-0.15, -0.1) is 0 Å². The Balaban J connectivity index is 1.86. The molecule has 1 saturated carbocycles. The third-order valence-electron chi connectivity index (χ3n) is 6.48. The van der Waals surface area contributed by atoms with Crippen molar-refractivity contribution in [3.63, 3.8) is 0 Å². The van der Waals surface area contributed by atoms with Crippen molar-refractivity contribution in [2.24, 2.45) is 16.8 Å². The Hall–Kier alpha value is -3.86. The number of aromatic nitrogens is 1. The van der Waals surface area contributed by atoms with Crippen molar-refractivity contribution in [1.29, 1.82) is 5.41 Å². The lowest BCUT2D eigenvalue weighted by molar-refractivity contribution is 0.439. The molecule has 0 aliphatic heterocycles. The van der Waals surface area contributed by atoms with Crippen LogP contribution in [-0.2, 0) is 0 Å². The zero-order valence-corrected chi connectivity index (χ0v) is 18.7. The van der Waals surface area contributed by atoms with E-state index in [1.165, 1.54) is 19.3 Å². The fourth-order valence-corrected chi connectivity index (χ4v) is 5.06. The standard InChI is InChI=1S/C28H29N5/c29-28(30)32-31-26(20-12-4-1-5-13-20)25-23-18-10-11-19-24(23)33(22-16-8-3-9-17-22)27(25)21-14-6-2-7-15-21/h2-3,6-11,14-20H,1,4-5,12-13H2,(H4,29,30,32). The van der Waals surface area contributed by atoms with Gasteiger partial charge < -0.3 is 10.3 Å². The fourth-order valence-electron chi connectivity index (χ4n) is 5.06. The minimum atomic E-state index is -0.142. The smallest absolute Gasteiger partial charge is 0.206 e. The number of para-hydroxylation sites is 2. The topological polar surface area (TPSA) is 79.2 Å². The van der Waals surface area contributed by atoms with Crippen molar-refractivity contribution in [3.8, 4) is 16.9 Å². The van der Waals surface area contributed by atoms with Crippen LogP contribution < -0.4 is 11.2 Å². The van der Waals surface area contributed by atoms with Crippen molar-refractivity contribution in [2.45, 2.75) is 32.1 Å². The molecule has 0 unspecified atom stereocenters. The highest BCUT2D eigenvalue weighted by atomic mass is 15.3. The number of nitrogens with two attached hydrogens (primary N) is 1. The minimum absolute atomic E-state index is 0.142. The second kappa shape index (κ2) is 9.33. The highest BCUT2D eigenvalue weighted by Crippen LogP contribution is 2.40. The number of nitrogens with zero attached hydrogens (tertiary/aromatic N) is 2. The van der Waals surface area contributed by atoms with Crippen molar-refractivity contribution < 1.29 is 0 Å². The Labute approximate surface area is 194 Å². The molecule has 1 aromatic heterocycles. The molecule has 5 rings (SSSR count). The summed E-state index contributed by atoms with van der Waals surface area (Å²) in [5.74, 6) is 0.180. The summed E-state index contributed by atoms with van der Waals surface area (Å²) in [5, 5.41) is 13.7. The Morgan fingerprint density at radius 3 is 2.18 bits per heavy atom. The van der Waals surface area contributed by atoms with E-state index in [1.54, 1.807) is 0 Å². The second-order valence-electron chi connectivity index (χ2n) is 8.64. The molecule has 0 spiro atoms. The first-order valence-electron chi connectivity index (χ1n) is 11.7. The average Bonchev–Trinajstić information content (AvgIpc) is 3.21. The van der Waals surface area contributed by atoms with Gasteiger partial charge in [-0.3, -0.25) is 5.41 Å². The van der Waals surface area contributed by atoms with Gasteiger partial charge in [0.25, 0.3) is 0 Å².